The first-order valence-electron chi connectivity index (χ1n) is 30.6. The van der Waals surface area contributed by atoms with Gasteiger partial charge in [0.15, 0.2) is 0 Å². The summed E-state index contributed by atoms with van der Waals surface area (Å²) in [6, 6.07) is 71.2. The largest absolute Gasteiger partial charge is 0.457 e. The third-order valence-corrected chi connectivity index (χ3v) is 17.5. The van der Waals surface area contributed by atoms with E-state index < -0.39 is 11.8 Å². The van der Waals surface area contributed by atoms with Crippen molar-refractivity contribution in [1.82, 2.24) is 9.55 Å². The summed E-state index contributed by atoms with van der Waals surface area (Å²) in [5.74, 6) is 1.79. The van der Waals surface area contributed by atoms with Crippen molar-refractivity contribution in [3.63, 3.8) is 0 Å². The zero-order valence-electron chi connectivity index (χ0n) is 52.9. The number of hydrogen-bond donors (Lipinski definition) is 0. The van der Waals surface area contributed by atoms with Crippen LogP contribution in [0.25, 0.3) is 81.2 Å². The fourth-order valence-corrected chi connectivity index (χ4v) is 13.2. The number of nitrogens with zero attached hydrogens (tertiary/aromatic N) is 4. The minimum Gasteiger partial charge on any atom is -0.457 e. The van der Waals surface area contributed by atoms with Crippen LogP contribution in [0, 0.1) is 5.41 Å². The lowest BCUT2D eigenvalue weighted by atomic mass is 9.78. The fraction of sp³-hybridized carbons (Fsp3) is 0.234. The van der Waals surface area contributed by atoms with E-state index in [-0.39, 0.29) is 22.4 Å². The van der Waals surface area contributed by atoms with Gasteiger partial charge in [0.25, 0.3) is 0 Å². The molecule has 0 bridgehead atoms. The first-order valence-corrected chi connectivity index (χ1v) is 29.9. The zero-order valence-corrected chi connectivity index (χ0v) is 50.7. The smallest absolute Gasteiger partial charge is 0.137 e. The number of ether oxygens (including phenoxy) is 1. The molecule has 0 atom stereocenters. The average Bonchev–Trinajstić information content (AvgIpc) is 1.51. The topological polar surface area (TPSA) is 33.5 Å². The molecule has 4 heterocycles. The number of para-hydroxylation sites is 2. The van der Waals surface area contributed by atoms with Gasteiger partial charge in [-0.25, -0.2) is 4.98 Å². The molecule has 12 aromatic rings. The molecule has 6 heteroatoms. The molecule has 9 aromatic carbocycles. The Morgan fingerprint density at radius 2 is 1.07 bits per heavy atom. The van der Waals surface area contributed by atoms with Crippen LogP contribution >= 0.6 is 11.3 Å². The standard InChI is InChI=1S/C77H74N4OS/c1-74(2,3)46-52-40-70(78-47-64(52)51-38-53(75(4,5)6)41-54(39-51)76(7,8)9)81-67-37-36-60-59-30-19-22-33-69(59)83-73(60)71(67)61-35-34-58(45-68(61)81)82-57-29-23-28-56(44-57)79-48-80(66-32-21-20-31-65(66)79)72-62(49-24-15-13-16-25-49)42-55(77(10,11)12)43-63(72)50-26-17-14-18-27-50/h13-45,47H,46,48H2,1-12H3/i46D2,47D. The third-order valence-electron chi connectivity index (χ3n) is 16.3. The maximum atomic E-state index is 10.0. The molecule has 0 radical (unpaired) electrons. The van der Waals surface area contributed by atoms with Crippen LogP contribution in [0.3, 0.4) is 0 Å². The lowest BCUT2D eigenvalue weighted by Crippen LogP contribution is -2.25. The molecule has 0 unspecified atom stereocenters. The average molecular weight is 1110 g/mol. The van der Waals surface area contributed by atoms with Gasteiger partial charge < -0.3 is 14.5 Å². The Kier molecular flexibility index (Phi) is 12.2. The summed E-state index contributed by atoms with van der Waals surface area (Å²) in [6.45, 7) is 26.5. The molecule has 5 nitrogen and oxygen atoms in total. The molecule has 3 aromatic heterocycles. The van der Waals surface area contributed by atoms with E-state index in [2.05, 4.69) is 265 Å². The maximum absolute atomic E-state index is 10.0. The van der Waals surface area contributed by atoms with Crippen molar-refractivity contribution in [1.29, 1.82) is 0 Å². The van der Waals surface area contributed by atoms with Gasteiger partial charge in [-0.3, -0.25) is 4.57 Å². The van der Waals surface area contributed by atoms with Gasteiger partial charge in [0.2, 0.25) is 0 Å². The van der Waals surface area contributed by atoms with E-state index >= 15 is 0 Å². The highest BCUT2D eigenvalue weighted by Gasteiger charge is 2.33. The first-order chi connectivity index (χ1) is 40.8. The van der Waals surface area contributed by atoms with Gasteiger partial charge in [0.1, 0.15) is 24.0 Å². The van der Waals surface area contributed by atoms with Crippen molar-refractivity contribution in [2.45, 2.75) is 106 Å². The normalized spacial score (nSPS) is 14.0. The molecule has 13 rings (SSSR count). The van der Waals surface area contributed by atoms with Gasteiger partial charge in [-0.15, -0.1) is 11.3 Å². The lowest BCUT2D eigenvalue weighted by molar-refractivity contribution is 0.411. The highest BCUT2D eigenvalue weighted by atomic mass is 32.1. The Bertz CT molecular complexity index is 4540. The number of hydrogen-bond acceptors (Lipinski definition) is 5. The molecule has 0 amide bonds. The fourth-order valence-electron chi connectivity index (χ4n) is 12.0. The van der Waals surface area contributed by atoms with Crippen LogP contribution in [0.1, 0.15) is 109 Å². The van der Waals surface area contributed by atoms with Gasteiger partial charge in [0.05, 0.1) is 29.5 Å². The van der Waals surface area contributed by atoms with E-state index in [4.69, 9.17) is 9.72 Å². The minimum absolute atomic E-state index is 0.0234. The van der Waals surface area contributed by atoms with E-state index in [0.717, 1.165) is 77.1 Å². The predicted molar refractivity (Wildman–Crippen MR) is 356 cm³/mol. The second-order valence-corrected chi connectivity index (χ2v) is 27.7. The predicted octanol–water partition coefficient (Wildman–Crippen LogP) is 22.1. The van der Waals surface area contributed by atoms with Crippen LogP contribution in [0.15, 0.2) is 206 Å². The first kappa shape index (κ1) is 50.3. The molecule has 0 N–H and O–H groups in total. The summed E-state index contributed by atoms with van der Waals surface area (Å²) < 4.78 is 41.7. The molecular formula is C77H74N4OS. The molecule has 83 heavy (non-hydrogen) atoms. The van der Waals surface area contributed by atoms with Crippen LogP contribution in [0.2, 0.25) is 0 Å². The number of anilines is 4. The summed E-state index contributed by atoms with van der Waals surface area (Å²) in [7, 11) is 0. The zero-order chi connectivity index (χ0) is 60.4. The van der Waals surface area contributed by atoms with E-state index in [0.29, 0.717) is 35.1 Å². The van der Waals surface area contributed by atoms with Crippen molar-refractivity contribution in [3.05, 3.63) is 229 Å². The summed E-state index contributed by atoms with van der Waals surface area (Å²) in [6.07, 6.45) is -1.86. The molecule has 1 aliphatic heterocycles. The number of benzene rings is 9. The Morgan fingerprint density at radius 1 is 0.494 bits per heavy atom. The van der Waals surface area contributed by atoms with Gasteiger partial charge >= 0.3 is 0 Å². The lowest BCUT2D eigenvalue weighted by Gasteiger charge is -2.30. The van der Waals surface area contributed by atoms with Gasteiger partial charge in [0, 0.05) is 74.4 Å². The highest BCUT2D eigenvalue weighted by Crippen LogP contribution is 2.52. The number of thiophene rings is 1. The second kappa shape index (κ2) is 20.2. The van der Waals surface area contributed by atoms with Crippen LogP contribution in [0.4, 0.5) is 22.7 Å². The molecule has 414 valence electrons. The number of fused-ring (bicyclic) bond motifs is 8. The van der Waals surface area contributed by atoms with Crippen molar-refractivity contribution >= 4 is 76.1 Å². The molecule has 0 aliphatic carbocycles. The van der Waals surface area contributed by atoms with E-state index in [1.807, 2.05) is 32.9 Å². The quantitative estimate of drug-likeness (QED) is 0.144. The van der Waals surface area contributed by atoms with Crippen LogP contribution in [0.5, 0.6) is 11.5 Å². The van der Waals surface area contributed by atoms with Crippen LogP contribution < -0.4 is 14.5 Å². The SMILES string of the molecule is [2H]c1nc(-n2c3cc(Oc4cccc(N5CN(c6c(-c7ccccc7)cc(C(C)(C)C)cc6-c6ccccc6)c6ccccc65)c4)ccc3c3c4sc5ccccc5c4ccc32)cc(C([2H])([2H])C(C)(C)C)c1-c1cc(C(C)(C)C)cc(C(C)(C)C)c1. The van der Waals surface area contributed by atoms with Crippen molar-refractivity contribution in [3.8, 4) is 50.7 Å². The summed E-state index contributed by atoms with van der Waals surface area (Å²) in [5.41, 5.74) is 14.8. The molecule has 0 fully saturated rings. The van der Waals surface area contributed by atoms with Crippen molar-refractivity contribution in [2.75, 3.05) is 16.5 Å². The molecule has 0 saturated heterocycles. The monoisotopic (exact) mass is 1110 g/mol. The Labute approximate surface area is 498 Å². The number of pyridine rings is 1. The van der Waals surface area contributed by atoms with Crippen molar-refractivity contribution in [2.24, 2.45) is 5.41 Å². The van der Waals surface area contributed by atoms with Crippen LogP contribution in [-0.2, 0) is 22.6 Å². The van der Waals surface area contributed by atoms with Crippen molar-refractivity contribution < 1.29 is 8.85 Å². The summed E-state index contributed by atoms with van der Waals surface area (Å²) in [5, 5.41) is 4.47. The summed E-state index contributed by atoms with van der Waals surface area (Å²) in [4.78, 5) is 10.1. The number of rotatable bonds is 9. The third kappa shape index (κ3) is 10.1. The molecule has 0 spiro atoms. The van der Waals surface area contributed by atoms with E-state index in [1.165, 1.54) is 32.2 Å². The number of aromatic nitrogens is 2. The molecule has 1 aliphatic rings. The molecular weight excluding hydrogens is 1030 g/mol. The van der Waals surface area contributed by atoms with Gasteiger partial charge in [-0.1, -0.05) is 204 Å². The van der Waals surface area contributed by atoms with Gasteiger partial charge in [-0.05, 0) is 134 Å². The Morgan fingerprint density at radius 3 is 1.71 bits per heavy atom. The maximum Gasteiger partial charge on any atom is 0.137 e. The summed E-state index contributed by atoms with van der Waals surface area (Å²) >= 11 is 1.78. The Balaban J connectivity index is 0.957. The highest BCUT2D eigenvalue weighted by molar-refractivity contribution is 7.26. The molecule has 0 saturated carbocycles. The second-order valence-electron chi connectivity index (χ2n) is 26.6. The van der Waals surface area contributed by atoms with Crippen LogP contribution in [-0.4, -0.2) is 16.2 Å². The minimum atomic E-state index is -1.88. The van der Waals surface area contributed by atoms with E-state index in [9.17, 15) is 4.11 Å². The van der Waals surface area contributed by atoms with Gasteiger partial charge in [-0.2, -0.15) is 0 Å². The van der Waals surface area contributed by atoms with E-state index in [1.54, 1.807) is 11.3 Å². The Hall–Kier alpha value is -8.45.